The van der Waals surface area contributed by atoms with Gasteiger partial charge in [0, 0.05) is 17.2 Å². The van der Waals surface area contributed by atoms with E-state index in [9.17, 15) is 13.2 Å². The Morgan fingerprint density at radius 1 is 1.46 bits per heavy atom. The Balaban J connectivity index is 3.32. The maximum atomic E-state index is 12.4. The zero-order valence-corrected chi connectivity index (χ0v) is 7.98. The van der Waals surface area contributed by atoms with Crippen LogP contribution in [0.15, 0.2) is 12.3 Å². The number of hydrogen-bond donors (Lipinski definition) is 1. The van der Waals surface area contributed by atoms with Crippen LogP contribution in [0.4, 0.5) is 18.9 Å². The first-order valence-corrected chi connectivity index (χ1v) is 4.45. The fourth-order valence-electron chi connectivity index (χ4n) is 0.951. The Labute approximate surface area is 81.1 Å². The number of rotatable bonds is 1. The fourth-order valence-corrected chi connectivity index (χ4v) is 1.38. The molecule has 1 rings (SSSR count). The molecule has 6 heteroatoms. The molecule has 0 unspecified atom stereocenters. The second-order valence-corrected chi connectivity index (χ2v) is 2.91. The first kappa shape index (κ1) is 10.3. The lowest BCUT2D eigenvalue weighted by Crippen LogP contribution is -2.13. The van der Waals surface area contributed by atoms with Crippen molar-refractivity contribution < 1.29 is 13.2 Å². The van der Waals surface area contributed by atoms with E-state index in [-0.39, 0.29) is 16.7 Å². The van der Waals surface area contributed by atoms with Crippen LogP contribution in [0, 0.1) is 0 Å². The van der Waals surface area contributed by atoms with E-state index < -0.39 is 11.7 Å². The Bertz CT molecular complexity index is 311. The third-order valence-electron chi connectivity index (χ3n) is 1.47. The SMILES string of the molecule is Nc1ccnc(CBr)c1C(F)(F)F. The van der Waals surface area contributed by atoms with Crippen molar-refractivity contribution in [3.63, 3.8) is 0 Å². The van der Waals surface area contributed by atoms with E-state index in [4.69, 9.17) is 5.73 Å². The predicted octanol–water partition coefficient (Wildman–Crippen LogP) is 2.58. The van der Waals surface area contributed by atoms with E-state index in [2.05, 4.69) is 20.9 Å². The maximum absolute atomic E-state index is 12.4. The zero-order chi connectivity index (χ0) is 10.1. The third-order valence-corrected chi connectivity index (χ3v) is 2.00. The van der Waals surface area contributed by atoms with Crippen molar-refractivity contribution in [3.05, 3.63) is 23.5 Å². The minimum atomic E-state index is -4.44. The molecule has 0 aliphatic rings. The zero-order valence-electron chi connectivity index (χ0n) is 6.40. The summed E-state index contributed by atoms with van der Waals surface area (Å²) in [4.78, 5) is 3.58. The van der Waals surface area contributed by atoms with Gasteiger partial charge in [-0.25, -0.2) is 0 Å². The van der Waals surface area contributed by atoms with Gasteiger partial charge in [0.25, 0.3) is 0 Å². The summed E-state index contributed by atoms with van der Waals surface area (Å²) in [5.41, 5.74) is 3.96. The molecule has 2 nitrogen and oxygen atoms in total. The van der Waals surface area contributed by atoms with Crippen molar-refractivity contribution in [1.29, 1.82) is 0 Å². The summed E-state index contributed by atoms with van der Waals surface area (Å²) in [6.45, 7) is 0. The van der Waals surface area contributed by atoms with Crippen LogP contribution in [0.2, 0.25) is 0 Å². The van der Waals surface area contributed by atoms with Crippen LogP contribution in [-0.2, 0) is 11.5 Å². The third kappa shape index (κ3) is 2.12. The summed E-state index contributed by atoms with van der Waals surface area (Å²) in [5.74, 6) is 0. The number of nitrogens with zero attached hydrogens (tertiary/aromatic N) is 1. The summed E-state index contributed by atoms with van der Waals surface area (Å²) in [5, 5.41) is 0.0346. The monoisotopic (exact) mass is 254 g/mol. The Morgan fingerprint density at radius 2 is 2.08 bits per heavy atom. The molecular weight excluding hydrogens is 249 g/mol. The molecule has 2 N–H and O–H groups in total. The summed E-state index contributed by atoms with van der Waals surface area (Å²) >= 11 is 2.92. The number of pyridine rings is 1. The first-order chi connectivity index (χ1) is 5.96. The smallest absolute Gasteiger partial charge is 0.398 e. The summed E-state index contributed by atoms with van der Waals surface area (Å²) in [7, 11) is 0. The number of alkyl halides is 4. The lowest BCUT2D eigenvalue weighted by atomic mass is 10.1. The van der Waals surface area contributed by atoms with E-state index in [0.29, 0.717) is 0 Å². The number of aromatic nitrogens is 1. The number of nitrogens with two attached hydrogens (primary N) is 1. The van der Waals surface area contributed by atoms with Gasteiger partial charge in [0.05, 0.1) is 5.69 Å². The number of nitrogen functional groups attached to an aromatic ring is 1. The minimum Gasteiger partial charge on any atom is -0.398 e. The molecule has 1 aromatic rings. The molecule has 0 amide bonds. The van der Waals surface area contributed by atoms with Crippen LogP contribution in [-0.4, -0.2) is 4.98 Å². The highest BCUT2D eigenvalue weighted by Crippen LogP contribution is 2.35. The average molecular weight is 255 g/mol. The Hall–Kier alpha value is -0.780. The molecule has 0 spiro atoms. The minimum absolute atomic E-state index is 0.0346. The van der Waals surface area contributed by atoms with Crippen molar-refractivity contribution >= 4 is 21.6 Å². The van der Waals surface area contributed by atoms with Crippen molar-refractivity contribution in [3.8, 4) is 0 Å². The quantitative estimate of drug-likeness (QED) is 0.783. The Kier molecular flexibility index (Phi) is 2.80. The van der Waals surface area contributed by atoms with Crippen LogP contribution >= 0.6 is 15.9 Å². The molecule has 0 saturated carbocycles. The van der Waals surface area contributed by atoms with Gasteiger partial charge in [-0.3, -0.25) is 4.98 Å². The van der Waals surface area contributed by atoms with Crippen LogP contribution in [0.1, 0.15) is 11.3 Å². The van der Waals surface area contributed by atoms with E-state index >= 15 is 0 Å². The van der Waals surface area contributed by atoms with Gasteiger partial charge in [-0.15, -0.1) is 0 Å². The molecule has 0 aliphatic carbocycles. The van der Waals surface area contributed by atoms with Crippen LogP contribution in [0.5, 0.6) is 0 Å². The van der Waals surface area contributed by atoms with Crippen LogP contribution in [0.3, 0.4) is 0 Å². The van der Waals surface area contributed by atoms with Gasteiger partial charge in [0.1, 0.15) is 5.56 Å². The van der Waals surface area contributed by atoms with Crippen molar-refractivity contribution in [1.82, 2.24) is 4.98 Å². The average Bonchev–Trinajstić information content (AvgIpc) is 2.01. The molecule has 0 aromatic carbocycles. The van der Waals surface area contributed by atoms with Crippen molar-refractivity contribution in [2.75, 3.05) is 5.73 Å². The van der Waals surface area contributed by atoms with Crippen molar-refractivity contribution in [2.24, 2.45) is 0 Å². The van der Waals surface area contributed by atoms with Crippen molar-refractivity contribution in [2.45, 2.75) is 11.5 Å². The summed E-state index contributed by atoms with van der Waals surface area (Å²) in [6.07, 6.45) is -3.19. The molecule has 0 aliphatic heterocycles. The van der Waals surface area contributed by atoms with Gasteiger partial charge >= 0.3 is 6.18 Å². The van der Waals surface area contributed by atoms with Gasteiger partial charge in [0.15, 0.2) is 0 Å². The lowest BCUT2D eigenvalue weighted by molar-refractivity contribution is -0.137. The highest BCUT2D eigenvalue weighted by molar-refractivity contribution is 9.08. The molecule has 0 bridgehead atoms. The molecule has 0 radical (unpaired) electrons. The molecule has 13 heavy (non-hydrogen) atoms. The predicted molar refractivity (Wildman–Crippen MR) is 46.3 cm³/mol. The van der Waals surface area contributed by atoms with Gasteiger partial charge < -0.3 is 5.73 Å². The molecule has 0 atom stereocenters. The van der Waals surface area contributed by atoms with Gasteiger partial charge in [-0.2, -0.15) is 13.2 Å². The highest BCUT2D eigenvalue weighted by atomic mass is 79.9. The first-order valence-electron chi connectivity index (χ1n) is 3.33. The molecule has 0 fully saturated rings. The lowest BCUT2D eigenvalue weighted by Gasteiger charge is -2.12. The number of hydrogen-bond acceptors (Lipinski definition) is 2. The highest BCUT2D eigenvalue weighted by Gasteiger charge is 2.35. The summed E-state index contributed by atoms with van der Waals surface area (Å²) < 4.78 is 37.1. The van der Waals surface area contributed by atoms with Gasteiger partial charge in [-0.1, -0.05) is 15.9 Å². The normalized spacial score (nSPS) is 11.7. The largest absolute Gasteiger partial charge is 0.420 e. The molecule has 1 aromatic heterocycles. The second-order valence-electron chi connectivity index (χ2n) is 2.35. The van der Waals surface area contributed by atoms with E-state index in [1.807, 2.05) is 0 Å². The standard InChI is InChI=1S/C7H6BrF3N2/c8-3-5-6(7(9,10)11)4(12)1-2-13-5/h1-2H,3H2,(H2,12,13). The van der Waals surface area contributed by atoms with E-state index in [0.717, 1.165) is 6.07 Å². The molecule has 1 heterocycles. The van der Waals surface area contributed by atoms with E-state index in [1.165, 1.54) is 6.20 Å². The van der Waals surface area contributed by atoms with E-state index in [1.54, 1.807) is 0 Å². The second kappa shape index (κ2) is 3.53. The number of halogens is 4. The summed E-state index contributed by atoms with van der Waals surface area (Å²) in [6, 6.07) is 1.13. The maximum Gasteiger partial charge on any atom is 0.420 e. The molecule has 0 saturated heterocycles. The van der Waals surface area contributed by atoms with Crippen LogP contribution in [0.25, 0.3) is 0 Å². The Morgan fingerprint density at radius 3 is 2.46 bits per heavy atom. The number of anilines is 1. The fraction of sp³-hybridized carbons (Fsp3) is 0.286. The van der Waals surface area contributed by atoms with Gasteiger partial charge in [0.2, 0.25) is 0 Å². The van der Waals surface area contributed by atoms with Crippen LogP contribution < -0.4 is 5.73 Å². The van der Waals surface area contributed by atoms with Gasteiger partial charge in [-0.05, 0) is 6.07 Å². The topological polar surface area (TPSA) is 38.9 Å². The molecule has 72 valence electrons. The molecular formula is C7H6BrF3N2.